The minimum atomic E-state index is -0.0196. The number of hydrogen-bond acceptors (Lipinski definition) is 3. The van der Waals surface area contributed by atoms with Gasteiger partial charge >= 0.3 is 0 Å². The van der Waals surface area contributed by atoms with Crippen LogP contribution in [-0.2, 0) is 4.79 Å². The summed E-state index contributed by atoms with van der Waals surface area (Å²) in [4.78, 5) is 28.7. The number of nitrogens with zero attached hydrogens (tertiary/aromatic N) is 2. The van der Waals surface area contributed by atoms with E-state index < -0.39 is 0 Å². The number of benzene rings is 2. The number of carbonyl (C=O) groups excluding carboxylic acids is 2. The molecular weight excluding hydrogens is 350 g/mol. The van der Waals surface area contributed by atoms with Crippen molar-refractivity contribution < 1.29 is 9.59 Å². The van der Waals surface area contributed by atoms with Gasteiger partial charge in [-0.05, 0) is 61.6 Å². The van der Waals surface area contributed by atoms with Crippen molar-refractivity contribution in [1.29, 1.82) is 0 Å². The van der Waals surface area contributed by atoms with Crippen molar-refractivity contribution in [1.82, 2.24) is 10.2 Å². The Morgan fingerprint density at radius 1 is 1.18 bits per heavy atom. The van der Waals surface area contributed by atoms with E-state index in [-0.39, 0.29) is 18.0 Å². The molecule has 0 aromatic heterocycles. The average molecular weight is 376 g/mol. The van der Waals surface area contributed by atoms with Crippen LogP contribution in [0.4, 0.5) is 5.69 Å². The van der Waals surface area contributed by atoms with Gasteiger partial charge in [0.25, 0.3) is 5.91 Å². The van der Waals surface area contributed by atoms with Crippen LogP contribution in [0.15, 0.2) is 42.5 Å². The Balaban J connectivity index is 1.59. The molecule has 145 valence electrons. The summed E-state index contributed by atoms with van der Waals surface area (Å²) in [7, 11) is 1.86. The minimum Gasteiger partial charge on any atom is -0.326 e. The van der Waals surface area contributed by atoms with Crippen molar-refractivity contribution in [2.75, 3.05) is 25.0 Å². The lowest BCUT2D eigenvalue weighted by Gasteiger charge is -2.32. The van der Waals surface area contributed by atoms with Crippen LogP contribution >= 0.6 is 0 Å². The van der Waals surface area contributed by atoms with Crippen molar-refractivity contribution in [2.45, 2.75) is 38.3 Å². The molecule has 2 fully saturated rings. The van der Waals surface area contributed by atoms with Crippen LogP contribution in [0.5, 0.6) is 0 Å². The van der Waals surface area contributed by atoms with E-state index in [1.54, 1.807) is 11.0 Å². The van der Waals surface area contributed by atoms with Crippen LogP contribution in [0.2, 0.25) is 0 Å². The Morgan fingerprint density at radius 3 is 2.68 bits per heavy atom. The monoisotopic (exact) mass is 376 g/mol. The topological polar surface area (TPSA) is 52.7 Å². The summed E-state index contributed by atoms with van der Waals surface area (Å²) in [6, 6.07) is 16.7. The SMILES string of the molecule is CN(C(=O)c1[c]cccc1-c1ccc(N2CCCC2=O)cc1)C1CCCCN1. The van der Waals surface area contributed by atoms with Gasteiger partial charge in [0.1, 0.15) is 0 Å². The largest absolute Gasteiger partial charge is 0.326 e. The third-order valence-corrected chi connectivity index (χ3v) is 5.71. The van der Waals surface area contributed by atoms with Crippen molar-refractivity contribution in [3.8, 4) is 11.1 Å². The van der Waals surface area contributed by atoms with Crippen molar-refractivity contribution in [2.24, 2.45) is 0 Å². The van der Waals surface area contributed by atoms with Crippen molar-refractivity contribution >= 4 is 17.5 Å². The summed E-state index contributed by atoms with van der Waals surface area (Å²) in [5, 5.41) is 3.43. The standard InChI is InChI=1S/C23H26N3O2/c1-25(21-9-4-5-15-24-21)23(28)20-8-3-2-7-19(20)17-11-13-18(14-12-17)26-16-6-10-22(26)27/h2-3,7,11-14,21,24H,4-6,9-10,15-16H2,1H3. The number of amides is 2. The molecule has 0 saturated carbocycles. The van der Waals surface area contributed by atoms with Crippen molar-refractivity contribution in [3.63, 3.8) is 0 Å². The van der Waals surface area contributed by atoms with E-state index in [4.69, 9.17) is 0 Å². The van der Waals surface area contributed by atoms with Crippen LogP contribution in [0.25, 0.3) is 11.1 Å². The fourth-order valence-electron chi connectivity index (χ4n) is 4.08. The second-order valence-electron chi connectivity index (χ2n) is 7.54. The van der Waals surface area contributed by atoms with E-state index in [1.165, 1.54) is 0 Å². The summed E-state index contributed by atoms with van der Waals surface area (Å²) < 4.78 is 0. The van der Waals surface area contributed by atoms with E-state index in [9.17, 15) is 9.59 Å². The third-order valence-electron chi connectivity index (χ3n) is 5.71. The minimum absolute atomic E-state index is 0.0196. The van der Waals surface area contributed by atoms with Crippen molar-refractivity contribution in [3.05, 3.63) is 54.1 Å². The number of anilines is 1. The number of rotatable bonds is 4. The molecule has 4 rings (SSSR count). The Morgan fingerprint density at radius 2 is 2.00 bits per heavy atom. The summed E-state index contributed by atoms with van der Waals surface area (Å²) in [5.74, 6) is 0.159. The molecule has 2 aromatic carbocycles. The molecule has 2 aromatic rings. The fraction of sp³-hybridized carbons (Fsp3) is 0.391. The molecule has 1 unspecified atom stereocenters. The van der Waals surface area contributed by atoms with Gasteiger partial charge in [-0.3, -0.25) is 14.9 Å². The first-order valence-corrected chi connectivity index (χ1v) is 10.1. The first-order valence-electron chi connectivity index (χ1n) is 10.1. The van der Waals surface area contributed by atoms with Gasteiger partial charge in [-0.2, -0.15) is 0 Å². The fourth-order valence-corrected chi connectivity index (χ4v) is 4.08. The number of nitrogens with one attached hydrogen (secondary N) is 1. The van der Waals surface area contributed by atoms with Crippen LogP contribution in [0.1, 0.15) is 42.5 Å². The zero-order valence-corrected chi connectivity index (χ0v) is 16.3. The van der Waals surface area contributed by atoms with Crippen LogP contribution in [-0.4, -0.2) is 43.0 Å². The maximum absolute atomic E-state index is 13.2. The third kappa shape index (κ3) is 3.67. The van der Waals surface area contributed by atoms with E-state index in [0.717, 1.165) is 55.6 Å². The van der Waals surface area contributed by atoms with E-state index in [0.29, 0.717) is 12.0 Å². The molecule has 2 aliphatic rings. The molecule has 2 aliphatic heterocycles. The van der Waals surface area contributed by atoms with Gasteiger partial charge in [0, 0.05) is 25.7 Å². The highest BCUT2D eigenvalue weighted by Crippen LogP contribution is 2.29. The van der Waals surface area contributed by atoms with Gasteiger partial charge in [-0.15, -0.1) is 0 Å². The quantitative estimate of drug-likeness (QED) is 0.889. The maximum Gasteiger partial charge on any atom is 0.256 e. The van der Waals surface area contributed by atoms with Gasteiger partial charge in [-0.1, -0.05) is 30.3 Å². The highest BCUT2D eigenvalue weighted by molar-refractivity contribution is 6.01. The molecule has 5 nitrogen and oxygen atoms in total. The zero-order valence-electron chi connectivity index (χ0n) is 16.3. The zero-order chi connectivity index (χ0) is 19.5. The highest BCUT2D eigenvalue weighted by atomic mass is 16.2. The Bertz CT molecular complexity index is 856. The molecule has 2 heterocycles. The van der Waals surface area contributed by atoms with Crippen LogP contribution < -0.4 is 10.2 Å². The summed E-state index contributed by atoms with van der Waals surface area (Å²) in [6.07, 6.45) is 4.88. The van der Waals surface area contributed by atoms with E-state index in [1.807, 2.05) is 48.3 Å². The molecular formula is C23H26N3O2. The number of piperidine rings is 1. The Labute approximate surface area is 166 Å². The lowest BCUT2D eigenvalue weighted by molar-refractivity contribution is -0.117. The summed E-state index contributed by atoms with van der Waals surface area (Å²) in [6.45, 7) is 1.73. The Hall–Kier alpha value is -2.66. The van der Waals surface area contributed by atoms with Gasteiger partial charge in [0.05, 0.1) is 11.7 Å². The van der Waals surface area contributed by atoms with Gasteiger partial charge in [-0.25, -0.2) is 0 Å². The number of hydrogen-bond donors (Lipinski definition) is 1. The number of carbonyl (C=O) groups is 2. The normalized spacial score (nSPS) is 19.7. The molecule has 5 heteroatoms. The van der Waals surface area contributed by atoms with Gasteiger partial charge < -0.3 is 9.80 Å². The van der Waals surface area contributed by atoms with Gasteiger partial charge in [0.15, 0.2) is 0 Å². The smallest absolute Gasteiger partial charge is 0.256 e. The maximum atomic E-state index is 13.2. The van der Waals surface area contributed by atoms with E-state index in [2.05, 4.69) is 11.4 Å². The molecule has 1 N–H and O–H groups in total. The predicted octanol–water partition coefficient (Wildman–Crippen LogP) is 3.45. The van der Waals surface area contributed by atoms with Crippen LogP contribution in [0.3, 0.4) is 0 Å². The lowest BCUT2D eigenvalue weighted by Crippen LogP contribution is -2.48. The molecule has 2 saturated heterocycles. The first-order chi connectivity index (χ1) is 13.6. The molecule has 2 amide bonds. The lowest BCUT2D eigenvalue weighted by atomic mass is 9.98. The molecule has 0 spiro atoms. The molecule has 0 bridgehead atoms. The molecule has 1 atom stereocenters. The second kappa shape index (κ2) is 8.15. The Kier molecular flexibility index (Phi) is 5.44. The first kappa shape index (κ1) is 18.7. The van der Waals surface area contributed by atoms with E-state index >= 15 is 0 Å². The van der Waals surface area contributed by atoms with Crippen LogP contribution in [0, 0.1) is 6.07 Å². The highest BCUT2D eigenvalue weighted by Gasteiger charge is 2.25. The molecule has 1 radical (unpaired) electrons. The predicted molar refractivity (Wildman–Crippen MR) is 110 cm³/mol. The summed E-state index contributed by atoms with van der Waals surface area (Å²) in [5.41, 5.74) is 3.33. The summed E-state index contributed by atoms with van der Waals surface area (Å²) >= 11 is 0. The van der Waals surface area contributed by atoms with Gasteiger partial charge in [0.2, 0.25) is 5.91 Å². The second-order valence-corrected chi connectivity index (χ2v) is 7.54. The average Bonchev–Trinajstić information content (AvgIpc) is 3.19. The molecule has 0 aliphatic carbocycles. The molecule has 28 heavy (non-hydrogen) atoms.